The van der Waals surface area contributed by atoms with Crippen molar-refractivity contribution in [2.45, 2.75) is 24.9 Å². The fourth-order valence-corrected chi connectivity index (χ4v) is 2.48. The topological polar surface area (TPSA) is 109 Å². The number of nitrogens with one attached hydrogen (secondary N) is 1. The van der Waals surface area contributed by atoms with Crippen molar-refractivity contribution >= 4 is 11.6 Å². The second-order valence-corrected chi connectivity index (χ2v) is 5.45. The van der Waals surface area contributed by atoms with E-state index in [1.54, 1.807) is 0 Å². The standard InChI is InChI=1S/C16H15N5O3/c22-15-7-6-13(21(23)24)8-12(15)10-17-19-16-9-14(18-20-16)11-4-2-1-3-5-11/h1-7,10,13-14,17H,8-9H2/b12-10?,19-16-/t13-,14+/m1/s1. The number of carbonyl (C=O) groups is 1. The molecule has 3 rings (SSSR count). The van der Waals surface area contributed by atoms with E-state index in [2.05, 4.69) is 20.8 Å². The predicted octanol–water partition coefficient (Wildman–Crippen LogP) is 2.54. The molecule has 1 aliphatic carbocycles. The third kappa shape index (κ3) is 3.60. The average molecular weight is 325 g/mol. The first-order valence-electron chi connectivity index (χ1n) is 7.46. The van der Waals surface area contributed by atoms with Crippen LogP contribution in [0.15, 0.2) is 69.6 Å². The van der Waals surface area contributed by atoms with Gasteiger partial charge in [0.25, 0.3) is 0 Å². The van der Waals surface area contributed by atoms with Crippen LogP contribution in [0.25, 0.3) is 0 Å². The maximum Gasteiger partial charge on any atom is 0.235 e. The van der Waals surface area contributed by atoms with Gasteiger partial charge in [0, 0.05) is 29.5 Å². The number of azo groups is 1. The highest BCUT2D eigenvalue weighted by Crippen LogP contribution is 2.27. The number of allylic oxidation sites excluding steroid dienone is 1. The molecule has 1 aromatic rings. The molecule has 0 fully saturated rings. The lowest BCUT2D eigenvalue weighted by atomic mass is 9.97. The number of benzene rings is 1. The molecule has 0 saturated heterocycles. The summed E-state index contributed by atoms with van der Waals surface area (Å²) in [5, 5.41) is 23.1. The molecule has 1 N–H and O–H groups in total. The molecule has 1 heterocycles. The average Bonchev–Trinajstić information content (AvgIpc) is 3.06. The van der Waals surface area contributed by atoms with Gasteiger partial charge in [0.2, 0.25) is 6.04 Å². The number of ketones is 1. The summed E-state index contributed by atoms with van der Waals surface area (Å²) in [5.74, 6) is 0.265. The Kier molecular flexibility index (Phi) is 4.55. The van der Waals surface area contributed by atoms with E-state index in [0.29, 0.717) is 17.8 Å². The Hall–Kier alpha value is -3.16. The Labute approximate surface area is 137 Å². The van der Waals surface area contributed by atoms with Crippen LogP contribution >= 0.6 is 0 Å². The predicted molar refractivity (Wildman–Crippen MR) is 86.9 cm³/mol. The summed E-state index contributed by atoms with van der Waals surface area (Å²) in [4.78, 5) is 22.1. The summed E-state index contributed by atoms with van der Waals surface area (Å²) < 4.78 is 0. The molecule has 0 amide bonds. The molecule has 122 valence electrons. The number of carbonyl (C=O) groups excluding carboxylic acids is 1. The number of hydrogen-bond acceptors (Lipinski definition) is 6. The SMILES string of the molecule is O=C1C=C[C@@H]([N+](=O)[O-])CC1=CN/N=C1/C[C@@H](c2ccccc2)N=N1. The van der Waals surface area contributed by atoms with Crippen LogP contribution in [0.4, 0.5) is 0 Å². The van der Waals surface area contributed by atoms with Gasteiger partial charge in [0.15, 0.2) is 11.6 Å². The van der Waals surface area contributed by atoms with Gasteiger partial charge in [-0.3, -0.25) is 20.3 Å². The van der Waals surface area contributed by atoms with E-state index in [-0.39, 0.29) is 18.2 Å². The normalized spacial score (nSPS) is 26.2. The van der Waals surface area contributed by atoms with Crippen molar-refractivity contribution in [3.8, 4) is 0 Å². The summed E-state index contributed by atoms with van der Waals surface area (Å²) in [6, 6.07) is 8.84. The lowest BCUT2D eigenvalue weighted by Gasteiger charge is -2.11. The summed E-state index contributed by atoms with van der Waals surface area (Å²) in [6.07, 6.45) is 4.53. The van der Waals surface area contributed by atoms with Gasteiger partial charge in [-0.25, -0.2) is 0 Å². The number of nitrogens with zero attached hydrogens (tertiary/aromatic N) is 4. The van der Waals surface area contributed by atoms with Crippen LogP contribution in [0.2, 0.25) is 0 Å². The van der Waals surface area contributed by atoms with Gasteiger partial charge in [-0.05, 0) is 17.7 Å². The lowest BCUT2D eigenvalue weighted by Crippen LogP contribution is -2.24. The van der Waals surface area contributed by atoms with E-state index in [0.717, 1.165) is 5.56 Å². The molecule has 1 aliphatic heterocycles. The first-order chi connectivity index (χ1) is 11.6. The molecule has 0 unspecified atom stereocenters. The van der Waals surface area contributed by atoms with Crippen LogP contribution in [0.1, 0.15) is 24.4 Å². The molecule has 8 heteroatoms. The zero-order chi connectivity index (χ0) is 16.9. The number of hydrogen-bond donors (Lipinski definition) is 1. The van der Waals surface area contributed by atoms with E-state index < -0.39 is 11.0 Å². The number of nitro groups is 1. The largest absolute Gasteiger partial charge is 0.290 e. The van der Waals surface area contributed by atoms with Crippen molar-refractivity contribution in [3.05, 3.63) is 69.9 Å². The van der Waals surface area contributed by atoms with Gasteiger partial charge in [0.1, 0.15) is 6.04 Å². The quantitative estimate of drug-likeness (QED) is 0.521. The van der Waals surface area contributed by atoms with Crippen LogP contribution in [-0.4, -0.2) is 22.6 Å². The molecule has 0 bridgehead atoms. The molecular formula is C16H15N5O3. The first-order valence-corrected chi connectivity index (χ1v) is 7.46. The minimum absolute atomic E-state index is 0.0499. The molecule has 0 aromatic heterocycles. The molecule has 0 saturated carbocycles. The fourth-order valence-electron chi connectivity index (χ4n) is 2.48. The highest BCUT2D eigenvalue weighted by Gasteiger charge is 2.26. The third-order valence-electron chi connectivity index (χ3n) is 3.79. The van der Waals surface area contributed by atoms with E-state index in [9.17, 15) is 14.9 Å². The summed E-state index contributed by atoms with van der Waals surface area (Å²) in [6.45, 7) is 0. The Balaban J connectivity index is 1.61. The van der Waals surface area contributed by atoms with Crippen LogP contribution in [-0.2, 0) is 4.79 Å². The van der Waals surface area contributed by atoms with Crippen LogP contribution in [0.3, 0.4) is 0 Å². The smallest absolute Gasteiger partial charge is 0.235 e. The summed E-state index contributed by atoms with van der Waals surface area (Å²) >= 11 is 0. The fraction of sp³-hybridized carbons (Fsp3) is 0.250. The first kappa shape index (κ1) is 15.7. The number of amidine groups is 1. The van der Waals surface area contributed by atoms with E-state index in [1.807, 2.05) is 30.3 Å². The van der Waals surface area contributed by atoms with Crippen molar-refractivity contribution in [1.29, 1.82) is 0 Å². The minimum Gasteiger partial charge on any atom is -0.290 e. The number of rotatable bonds is 4. The Bertz CT molecular complexity index is 767. The van der Waals surface area contributed by atoms with Crippen LogP contribution < -0.4 is 5.43 Å². The van der Waals surface area contributed by atoms with Crippen LogP contribution in [0, 0.1) is 10.1 Å². The van der Waals surface area contributed by atoms with Crippen LogP contribution in [0.5, 0.6) is 0 Å². The highest BCUT2D eigenvalue weighted by molar-refractivity contribution is 6.04. The zero-order valence-corrected chi connectivity index (χ0v) is 12.7. The second kappa shape index (κ2) is 6.95. The van der Waals surface area contributed by atoms with Gasteiger partial charge >= 0.3 is 0 Å². The van der Waals surface area contributed by atoms with Crippen molar-refractivity contribution < 1.29 is 9.72 Å². The molecule has 8 nitrogen and oxygen atoms in total. The molecule has 2 atom stereocenters. The van der Waals surface area contributed by atoms with Gasteiger partial charge in [-0.15, -0.1) is 5.11 Å². The second-order valence-electron chi connectivity index (χ2n) is 5.45. The molecule has 0 radical (unpaired) electrons. The van der Waals surface area contributed by atoms with Gasteiger partial charge in [-0.2, -0.15) is 10.2 Å². The maximum absolute atomic E-state index is 11.7. The number of hydrazone groups is 1. The third-order valence-corrected chi connectivity index (χ3v) is 3.79. The Morgan fingerprint density at radius 2 is 2.08 bits per heavy atom. The Morgan fingerprint density at radius 3 is 2.83 bits per heavy atom. The van der Waals surface area contributed by atoms with Crippen molar-refractivity contribution in [3.63, 3.8) is 0 Å². The summed E-state index contributed by atoms with van der Waals surface area (Å²) in [5.41, 5.74) is 4.03. The Morgan fingerprint density at radius 1 is 1.29 bits per heavy atom. The molecular weight excluding hydrogens is 310 g/mol. The monoisotopic (exact) mass is 325 g/mol. The molecule has 24 heavy (non-hydrogen) atoms. The highest BCUT2D eigenvalue weighted by atomic mass is 16.6. The van der Waals surface area contributed by atoms with E-state index in [4.69, 9.17) is 0 Å². The van der Waals surface area contributed by atoms with Crippen molar-refractivity contribution in [2.75, 3.05) is 0 Å². The molecule has 0 spiro atoms. The summed E-state index contributed by atoms with van der Waals surface area (Å²) in [7, 11) is 0. The van der Waals surface area contributed by atoms with E-state index >= 15 is 0 Å². The zero-order valence-electron chi connectivity index (χ0n) is 12.7. The molecule has 1 aromatic carbocycles. The molecule has 2 aliphatic rings. The van der Waals surface area contributed by atoms with Gasteiger partial charge in [0.05, 0.1) is 0 Å². The van der Waals surface area contributed by atoms with Gasteiger partial charge < -0.3 is 0 Å². The van der Waals surface area contributed by atoms with Gasteiger partial charge in [-0.1, -0.05) is 30.3 Å². The van der Waals surface area contributed by atoms with Crippen molar-refractivity contribution in [1.82, 2.24) is 5.43 Å². The minimum atomic E-state index is -0.878. The lowest BCUT2D eigenvalue weighted by molar-refractivity contribution is -0.508. The van der Waals surface area contributed by atoms with E-state index in [1.165, 1.54) is 18.4 Å². The maximum atomic E-state index is 11.7. The van der Waals surface area contributed by atoms with Crippen molar-refractivity contribution in [2.24, 2.45) is 15.3 Å².